The number of hydrogen-bond donors (Lipinski definition) is 1. The molecule has 1 heterocycles. The molecule has 0 aliphatic heterocycles. The maximum absolute atomic E-state index is 5.78. The van der Waals surface area contributed by atoms with Crippen LogP contribution >= 0.6 is 23.3 Å². The fourth-order valence-electron chi connectivity index (χ4n) is 1.33. The Morgan fingerprint density at radius 1 is 1.39 bits per heavy atom. The number of rotatable bonds is 6. The van der Waals surface area contributed by atoms with Gasteiger partial charge in [0.15, 0.2) is 4.34 Å². The topological polar surface area (TPSA) is 61.0 Å². The Labute approximate surface area is 115 Å². The van der Waals surface area contributed by atoms with Crippen molar-refractivity contribution in [3.05, 3.63) is 30.1 Å². The van der Waals surface area contributed by atoms with Gasteiger partial charge in [-0.3, -0.25) is 0 Å². The smallest absolute Gasteiger partial charge is 0.170 e. The molecule has 2 rings (SSSR count). The van der Waals surface area contributed by atoms with Gasteiger partial charge >= 0.3 is 0 Å². The van der Waals surface area contributed by atoms with Crippen molar-refractivity contribution in [2.24, 2.45) is 0 Å². The Morgan fingerprint density at radius 3 is 2.94 bits per heavy atom. The molecular formula is C12H15N3OS2. The van der Waals surface area contributed by atoms with E-state index in [9.17, 15) is 0 Å². The highest BCUT2D eigenvalue weighted by atomic mass is 32.2. The van der Waals surface area contributed by atoms with Crippen LogP contribution in [0.4, 0.5) is 5.69 Å². The number of anilines is 1. The number of aryl methyl sites for hydroxylation is 1. The van der Waals surface area contributed by atoms with E-state index in [1.807, 2.05) is 24.3 Å². The van der Waals surface area contributed by atoms with Crippen molar-refractivity contribution in [2.75, 3.05) is 18.1 Å². The fourth-order valence-corrected chi connectivity index (χ4v) is 2.92. The molecule has 0 atom stereocenters. The number of thioether (sulfide) groups is 1. The summed E-state index contributed by atoms with van der Waals surface area (Å²) in [6.45, 7) is 2.66. The quantitative estimate of drug-likeness (QED) is 0.501. The summed E-state index contributed by atoms with van der Waals surface area (Å²) >= 11 is 3.11. The van der Waals surface area contributed by atoms with Gasteiger partial charge in [0.05, 0.1) is 12.3 Å². The summed E-state index contributed by atoms with van der Waals surface area (Å²) in [5, 5.41) is 0. The lowest BCUT2D eigenvalue weighted by atomic mass is 10.3. The van der Waals surface area contributed by atoms with Crippen molar-refractivity contribution in [1.29, 1.82) is 0 Å². The minimum absolute atomic E-state index is 0.611. The molecule has 6 heteroatoms. The average molecular weight is 281 g/mol. The summed E-state index contributed by atoms with van der Waals surface area (Å²) in [6.07, 6.45) is 0.883. The van der Waals surface area contributed by atoms with Crippen LogP contribution in [0.25, 0.3) is 0 Å². The molecule has 0 spiro atoms. The second-order valence-electron chi connectivity index (χ2n) is 3.56. The molecule has 4 nitrogen and oxygen atoms in total. The first-order valence-electron chi connectivity index (χ1n) is 5.72. The van der Waals surface area contributed by atoms with E-state index < -0.39 is 0 Å². The zero-order valence-corrected chi connectivity index (χ0v) is 11.8. The van der Waals surface area contributed by atoms with Gasteiger partial charge in [-0.2, -0.15) is 4.37 Å². The summed E-state index contributed by atoms with van der Waals surface area (Å²) < 4.78 is 10.8. The van der Waals surface area contributed by atoms with Crippen LogP contribution in [0.3, 0.4) is 0 Å². The van der Waals surface area contributed by atoms with Crippen LogP contribution in [0.5, 0.6) is 5.75 Å². The lowest BCUT2D eigenvalue weighted by Gasteiger charge is -2.07. The Kier molecular flexibility index (Phi) is 4.83. The molecule has 2 aromatic rings. The number of aromatic nitrogens is 2. The largest absolute Gasteiger partial charge is 0.491 e. The molecule has 96 valence electrons. The summed E-state index contributed by atoms with van der Waals surface area (Å²) in [5.41, 5.74) is 6.46. The van der Waals surface area contributed by atoms with E-state index in [1.165, 1.54) is 11.5 Å². The SMILES string of the molecule is CCc1nsc(SCCOc2ccccc2N)n1. The number of hydrogen-bond acceptors (Lipinski definition) is 6. The molecular weight excluding hydrogens is 266 g/mol. The molecule has 0 radical (unpaired) electrons. The van der Waals surface area contributed by atoms with Gasteiger partial charge < -0.3 is 10.5 Å². The van der Waals surface area contributed by atoms with Gasteiger partial charge in [-0.25, -0.2) is 4.98 Å². The Hall–Kier alpha value is -1.27. The van der Waals surface area contributed by atoms with E-state index in [4.69, 9.17) is 10.5 Å². The molecule has 0 unspecified atom stereocenters. The summed E-state index contributed by atoms with van der Waals surface area (Å²) in [7, 11) is 0. The van der Waals surface area contributed by atoms with Gasteiger partial charge in [0.2, 0.25) is 0 Å². The molecule has 2 N–H and O–H groups in total. The third-order valence-electron chi connectivity index (χ3n) is 2.25. The van der Waals surface area contributed by atoms with Gasteiger partial charge in [0.1, 0.15) is 11.6 Å². The Bertz CT molecular complexity index is 502. The lowest BCUT2D eigenvalue weighted by Crippen LogP contribution is -2.02. The van der Waals surface area contributed by atoms with Crippen LogP contribution in [-0.2, 0) is 6.42 Å². The van der Waals surface area contributed by atoms with Crippen LogP contribution in [0.2, 0.25) is 0 Å². The van der Waals surface area contributed by atoms with Crippen molar-refractivity contribution in [3.8, 4) is 5.75 Å². The van der Waals surface area contributed by atoms with Crippen molar-refractivity contribution < 1.29 is 4.74 Å². The van der Waals surface area contributed by atoms with E-state index >= 15 is 0 Å². The van der Waals surface area contributed by atoms with E-state index in [1.54, 1.807) is 11.8 Å². The van der Waals surface area contributed by atoms with Crippen LogP contribution in [0, 0.1) is 0 Å². The van der Waals surface area contributed by atoms with Crippen LogP contribution in [0.1, 0.15) is 12.7 Å². The van der Waals surface area contributed by atoms with E-state index in [0.717, 1.165) is 28.1 Å². The van der Waals surface area contributed by atoms with Gasteiger partial charge in [-0.15, -0.1) is 0 Å². The van der Waals surface area contributed by atoms with E-state index in [-0.39, 0.29) is 0 Å². The second-order valence-corrected chi connectivity index (χ2v) is 5.66. The Balaban J connectivity index is 1.74. The van der Waals surface area contributed by atoms with Crippen molar-refractivity contribution in [3.63, 3.8) is 0 Å². The first kappa shape index (κ1) is 13.2. The van der Waals surface area contributed by atoms with Crippen molar-refractivity contribution >= 4 is 29.0 Å². The standard InChI is InChI=1S/C12H15N3OS2/c1-2-11-14-12(18-15-11)17-8-7-16-10-6-4-3-5-9(10)13/h3-6H,2,7-8,13H2,1H3. The highest BCUT2D eigenvalue weighted by Crippen LogP contribution is 2.22. The lowest BCUT2D eigenvalue weighted by molar-refractivity contribution is 0.346. The number of nitrogens with zero attached hydrogens (tertiary/aromatic N) is 2. The van der Waals surface area contributed by atoms with Crippen molar-refractivity contribution in [2.45, 2.75) is 17.7 Å². The molecule has 0 aliphatic rings. The molecule has 0 bridgehead atoms. The van der Waals surface area contributed by atoms with Gasteiger partial charge in [0, 0.05) is 12.2 Å². The maximum atomic E-state index is 5.78. The predicted molar refractivity (Wildman–Crippen MR) is 76.4 cm³/mol. The third kappa shape index (κ3) is 3.61. The minimum atomic E-state index is 0.611. The number of para-hydroxylation sites is 2. The summed E-state index contributed by atoms with van der Waals surface area (Å²) in [5.74, 6) is 2.49. The van der Waals surface area contributed by atoms with Gasteiger partial charge in [-0.1, -0.05) is 30.8 Å². The summed E-state index contributed by atoms with van der Waals surface area (Å²) in [4.78, 5) is 4.38. The first-order chi connectivity index (χ1) is 8.79. The van der Waals surface area contributed by atoms with Gasteiger partial charge in [-0.05, 0) is 23.7 Å². The molecule has 18 heavy (non-hydrogen) atoms. The van der Waals surface area contributed by atoms with E-state index in [2.05, 4.69) is 16.3 Å². The minimum Gasteiger partial charge on any atom is -0.491 e. The molecule has 1 aromatic carbocycles. The number of ether oxygens (including phenoxy) is 1. The highest BCUT2D eigenvalue weighted by molar-refractivity contribution is 8.00. The molecule has 0 saturated carbocycles. The number of benzene rings is 1. The predicted octanol–water partition coefficient (Wildman–Crippen LogP) is 2.85. The highest BCUT2D eigenvalue weighted by Gasteiger charge is 2.03. The normalized spacial score (nSPS) is 10.5. The number of nitrogen functional groups attached to an aromatic ring is 1. The summed E-state index contributed by atoms with van der Waals surface area (Å²) in [6, 6.07) is 7.52. The van der Waals surface area contributed by atoms with E-state index in [0.29, 0.717) is 12.3 Å². The van der Waals surface area contributed by atoms with Crippen LogP contribution < -0.4 is 10.5 Å². The monoisotopic (exact) mass is 281 g/mol. The van der Waals surface area contributed by atoms with Gasteiger partial charge in [0.25, 0.3) is 0 Å². The molecule has 1 aromatic heterocycles. The zero-order chi connectivity index (χ0) is 12.8. The molecule has 0 amide bonds. The number of nitrogens with two attached hydrogens (primary N) is 1. The molecule has 0 fully saturated rings. The molecule has 0 saturated heterocycles. The average Bonchev–Trinajstić information content (AvgIpc) is 2.84. The Morgan fingerprint density at radius 2 is 2.22 bits per heavy atom. The first-order valence-corrected chi connectivity index (χ1v) is 7.48. The van der Waals surface area contributed by atoms with Crippen LogP contribution in [0.15, 0.2) is 28.6 Å². The fraction of sp³-hybridized carbons (Fsp3) is 0.333. The zero-order valence-electron chi connectivity index (χ0n) is 10.1. The van der Waals surface area contributed by atoms with Crippen molar-refractivity contribution in [1.82, 2.24) is 9.36 Å². The maximum Gasteiger partial charge on any atom is 0.170 e. The second kappa shape index (κ2) is 6.61. The third-order valence-corrected chi connectivity index (χ3v) is 4.09. The molecule has 0 aliphatic carbocycles. The van der Waals surface area contributed by atoms with Crippen LogP contribution in [-0.4, -0.2) is 21.7 Å².